The molecule has 5 rings (SSSR count). The van der Waals surface area contributed by atoms with Crippen LogP contribution in [0.2, 0.25) is 0 Å². The topological polar surface area (TPSA) is 0 Å². The first-order valence-electron chi connectivity index (χ1n) is 9.73. The predicted octanol–water partition coefficient (Wildman–Crippen LogP) is 3.20. The van der Waals surface area contributed by atoms with Gasteiger partial charge in [-0.2, -0.15) is 0 Å². The molecule has 124 valence electrons. The molecular formula is C16H16B8Br2S. The summed E-state index contributed by atoms with van der Waals surface area (Å²) in [4.78, 5) is 0. The van der Waals surface area contributed by atoms with Crippen LogP contribution in [0, 0.1) is 17.3 Å². The van der Waals surface area contributed by atoms with Gasteiger partial charge in [0.25, 0.3) is 0 Å². The monoisotopic (exact) mass is 486 g/mol. The van der Waals surface area contributed by atoms with Gasteiger partial charge < -0.3 is 0 Å². The Morgan fingerprint density at radius 1 is 0.889 bits per heavy atom. The molecule has 27 heavy (non-hydrogen) atoms. The first-order valence-corrected chi connectivity index (χ1v) is 11.8. The van der Waals surface area contributed by atoms with Gasteiger partial charge in [0.1, 0.15) is 0 Å². The van der Waals surface area contributed by atoms with Crippen molar-refractivity contribution in [1.82, 2.24) is 0 Å². The summed E-state index contributed by atoms with van der Waals surface area (Å²) >= 11 is 12.0. The minimum atomic E-state index is -0.553. The van der Waals surface area contributed by atoms with Crippen LogP contribution in [0.15, 0.2) is 21.1 Å². The SMILES string of the molecule is Brc1cc2c(cc1Br)C1CC3CC4CC2CC43C1.[B]B([B])B(B=S)B([B])[B]. The van der Waals surface area contributed by atoms with Crippen LogP contribution in [-0.2, 0) is 0 Å². The Bertz CT molecular complexity index is 703. The van der Waals surface area contributed by atoms with Crippen molar-refractivity contribution in [3.8, 4) is 0 Å². The molecular weight excluding hydrogens is 471 g/mol. The van der Waals surface area contributed by atoms with Crippen molar-refractivity contribution in [2.45, 2.75) is 43.9 Å². The summed E-state index contributed by atoms with van der Waals surface area (Å²) in [6.45, 7) is 0. The molecule has 11 heteroatoms. The van der Waals surface area contributed by atoms with Gasteiger partial charge in [-0.3, -0.25) is 0 Å². The average Bonchev–Trinajstić information content (AvgIpc) is 3.01. The van der Waals surface area contributed by atoms with Gasteiger partial charge in [-0.25, -0.2) is 0 Å². The van der Waals surface area contributed by atoms with Crippen LogP contribution < -0.4 is 0 Å². The fourth-order valence-electron chi connectivity index (χ4n) is 6.37. The molecule has 4 aliphatic rings. The number of benzene rings is 1. The molecule has 0 aromatic heterocycles. The predicted molar refractivity (Wildman–Crippen MR) is 133 cm³/mol. The Hall–Kier alpha value is 0.919. The molecule has 0 saturated heterocycles. The molecule has 1 aromatic rings. The van der Waals surface area contributed by atoms with Gasteiger partial charge in [-0.15, -0.1) is 0 Å². The van der Waals surface area contributed by atoms with Gasteiger partial charge in [0.15, 0.2) is 0 Å². The Morgan fingerprint density at radius 2 is 1.33 bits per heavy atom. The molecule has 1 spiro atoms. The second-order valence-corrected chi connectivity index (χ2v) is 10.9. The quantitative estimate of drug-likeness (QED) is 0.592. The van der Waals surface area contributed by atoms with E-state index in [9.17, 15) is 0 Å². The van der Waals surface area contributed by atoms with E-state index in [4.69, 9.17) is 30.9 Å². The Balaban J connectivity index is 0.000000173. The second-order valence-electron chi connectivity index (χ2n) is 8.90. The third-order valence-corrected chi connectivity index (χ3v) is 9.80. The van der Waals surface area contributed by atoms with Crippen LogP contribution in [0.5, 0.6) is 0 Å². The molecule has 4 unspecified atom stereocenters. The zero-order chi connectivity index (χ0) is 19.5. The van der Waals surface area contributed by atoms with Crippen LogP contribution in [0.1, 0.15) is 55.1 Å². The zero-order valence-corrected chi connectivity index (χ0v) is 19.3. The number of fused-ring (bicyclic) bond motifs is 5. The van der Waals surface area contributed by atoms with Crippen molar-refractivity contribution in [1.29, 1.82) is 0 Å². The van der Waals surface area contributed by atoms with Gasteiger partial charge in [0, 0.05) is 8.95 Å². The van der Waals surface area contributed by atoms with Crippen LogP contribution in [0.4, 0.5) is 0 Å². The number of halogens is 2. The van der Waals surface area contributed by atoms with E-state index in [0.29, 0.717) is 0 Å². The Morgan fingerprint density at radius 3 is 1.67 bits per heavy atom. The van der Waals surface area contributed by atoms with Gasteiger partial charge in [-0.05, 0) is 116 Å². The molecule has 0 nitrogen and oxygen atoms in total. The standard InChI is InChI=1S/C16H16Br2.B8S/c17-14-4-12-8-1-10-3-11-2-9(7-16(10,11)6-8)13(12)5-15(14)18;1-6(2)8(5-9)7(3)4/h4-5,8-11H,1-3,6-7H2;. The van der Waals surface area contributed by atoms with Crippen LogP contribution >= 0.6 is 43.9 Å². The van der Waals surface area contributed by atoms with Crippen LogP contribution in [0.3, 0.4) is 0 Å². The Labute approximate surface area is 192 Å². The second kappa shape index (κ2) is 7.88. The number of hydrogen-bond acceptors (Lipinski definition) is 1. The zero-order valence-electron chi connectivity index (χ0n) is 15.3. The fourth-order valence-corrected chi connectivity index (χ4v) is 7.45. The van der Waals surface area contributed by atoms with Gasteiger partial charge >= 0.3 is 68.2 Å². The molecule has 0 aliphatic heterocycles. The Kier molecular flexibility index (Phi) is 6.17. The summed E-state index contributed by atoms with van der Waals surface area (Å²) in [6, 6.07) is 6.23. The van der Waals surface area contributed by atoms with E-state index in [2.05, 4.69) is 56.0 Å². The van der Waals surface area contributed by atoms with Crippen molar-refractivity contribution in [2.75, 3.05) is 0 Å². The van der Waals surface area contributed by atoms with Crippen molar-refractivity contribution in [2.24, 2.45) is 17.3 Å². The number of rotatable bonds is 3. The third-order valence-electron chi connectivity index (χ3n) is 7.64. The molecule has 3 fully saturated rings. The molecule has 4 atom stereocenters. The van der Waals surface area contributed by atoms with E-state index in [1.807, 2.05) is 0 Å². The van der Waals surface area contributed by atoms with Gasteiger partial charge in [-0.1, -0.05) is 0 Å². The molecule has 3 bridgehead atoms. The number of hydrogen-bond donors (Lipinski definition) is 0. The summed E-state index contributed by atoms with van der Waals surface area (Å²) in [6.07, 6.45) is 6.11. The van der Waals surface area contributed by atoms with E-state index in [1.165, 1.54) is 40.7 Å². The summed E-state index contributed by atoms with van der Waals surface area (Å²) < 4.78 is 2.49. The van der Waals surface area contributed by atoms with E-state index in [0.717, 1.165) is 29.1 Å². The summed E-state index contributed by atoms with van der Waals surface area (Å²) in [5, 5.41) is 0. The summed E-state index contributed by atoms with van der Waals surface area (Å²) in [7, 11) is 21.1. The van der Waals surface area contributed by atoms with Crippen molar-refractivity contribution < 1.29 is 0 Å². The third kappa shape index (κ3) is 3.52. The minimum absolute atomic E-state index is 0.278. The molecule has 0 amide bonds. The summed E-state index contributed by atoms with van der Waals surface area (Å²) in [5.74, 6) is 3.88. The summed E-state index contributed by atoms with van der Waals surface area (Å²) in [5.41, 5.74) is 4.15. The van der Waals surface area contributed by atoms with Gasteiger partial charge in [0.2, 0.25) is 0 Å². The van der Waals surface area contributed by atoms with Crippen LogP contribution in [0.25, 0.3) is 0 Å². The average molecular weight is 487 g/mol. The van der Waals surface area contributed by atoms with E-state index < -0.39 is 12.8 Å². The van der Waals surface area contributed by atoms with Crippen molar-refractivity contribution in [3.05, 3.63) is 32.2 Å². The first-order chi connectivity index (χ1) is 12.8. The normalized spacial score (nSPS) is 33.6. The molecule has 8 radical (unpaired) electrons. The fraction of sp³-hybridized carbons (Fsp3) is 0.625. The maximum atomic E-state index is 5.27. The van der Waals surface area contributed by atoms with E-state index in [1.54, 1.807) is 17.5 Å². The molecule has 0 N–H and O–H groups in total. The van der Waals surface area contributed by atoms with E-state index in [-0.39, 0.29) is 6.39 Å². The van der Waals surface area contributed by atoms with Crippen molar-refractivity contribution in [3.63, 3.8) is 0 Å². The van der Waals surface area contributed by atoms with Gasteiger partial charge in [0.05, 0.1) is 0 Å². The molecule has 1 aromatic carbocycles. The maximum absolute atomic E-state index is 5.27. The molecule has 4 aliphatic carbocycles. The first kappa shape index (κ1) is 21.2. The van der Waals surface area contributed by atoms with Crippen molar-refractivity contribution >= 4 is 100 Å². The molecule has 3 saturated carbocycles. The molecule has 0 heterocycles. The van der Waals surface area contributed by atoms with E-state index >= 15 is 0 Å². The van der Waals surface area contributed by atoms with Crippen LogP contribution in [-0.4, -0.2) is 56.1 Å².